The van der Waals surface area contributed by atoms with Gasteiger partial charge in [-0.1, -0.05) is 0 Å². The molecule has 0 aliphatic heterocycles. The first-order valence-corrected chi connectivity index (χ1v) is 4.66. The number of hydrogen-bond acceptors (Lipinski definition) is 5. The van der Waals surface area contributed by atoms with Crippen LogP contribution in [0.2, 0.25) is 0 Å². The third-order valence-electron chi connectivity index (χ3n) is 2.27. The molecule has 0 heterocycles. The van der Waals surface area contributed by atoms with Crippen molar-refractivity contribution in [1.82, 2.24) is 0 Å². The summed E-state index contributed by atoms with van der Waals surface area (Å²) >= 11 is 0. The summed E-state index contributed by atoms with van der Waals surface area (Å²) in [7, 11) is 0. The zero-order valence-electron chi connectivity index (χ0n) is 8.87. The number of aromatic carboxylic acids is 1. The molecule has 1 aromatic rings. The number of carboxylic acid groups (broad SMARTS) is 2. The molecule has 0 bridgehead atoms. The summed E-state index contributed by atoms with van der Waals surface area (Å²) in [5, 5.41) is 35.7. The van der Waals surface area contributed by atoms with Crippen LogP contribution < -0.4 is 5.73 Å². The van der Waals surface area contributed by atoms with Crippen LogP contribution in [0.3, 0.4) is 0 Å². The lowest BCUT2D eigenvalue weighted by atomic mass is 10.00. The molecular weight excluding hydrogens is 249 g/mol. The van der Waals surface area contributed by atoms with Gasteiger partial charge in [-0.25, -0.2) is 14.0 Å². The molecule has 0 fully saturated rings. The molecule has 7 nitrogen and oxygen atoms in total. The van der Waals surface area contributed by atoms with Gasteiger partial charge in [0.2, 0.25) is 0 Å². The predicted molar refractivity (Wildman–Crippen MR) is 56.4 cm³/mol. The number of aliphatic hydroxyl groups is 2. The zero-order chi connectivity index (χ0) is 14.0. The van der Waals surface area contributed by atoms with E-state index >= 15 is 0 Å². The Bertz CT molecular complexity index is 503. The maximum atomic E-state index is 13.4. The largest absolute Gasteiger partial charge is 0.479 e. The summed E-state index contributed by atoms with van der Waals surface area (Å²) in [5.74, 6) is -4.34. The van der Waals surface area contributed by atoms with Crippen LogP contribution in [0.15, 0.2) is 12.1 Å². The molecule has 1 aromatic carbocycles. The van der Waals surface area contributed by atoms with Crippen LogP contribution in [-0.4, -0.2) is 38.5 Å². The fourth-order valence-corrected chi connectivity index (χ4v) is 1.32. The van der Waals surface area contributed by atoms with E-state index in [2.05, 4.69) is 0 Å². The number of aliphatic carboxylic acids is 1. The Morgan fingerprint density at radius 2 is 1.78 bits per heavy atom. The van der Waals surface area contributed by atoms with Gasteiger partial charge in [0.25, 0.3) is 0 Å². The van der Waals surface area contributed by atoms with Crippen LogP contribution in [0.25, 0.3) is 0 Å². The van der Waals surface area contributed by atoms with Crippen LogP contribution >= 0.6 is 0 Å². The van der Waals surface area contributed by atoms with E-state index in [0.29, 0.717) is 12.1 Å². The van der Waals surface area contributed by atoms with E-state index in [1.807, 2.05) is 0 Å². The third-order valence-corrected chi connectivity index (χ3v) is 2.27. The quantitative estimate of drug-likeness (QED) is 0.462. The van der Waals surface area contributed by atoms with Gasteiger partial charge in [-0.3, -0.25) is 0 Å². The van der Waals surface area contributed by atoms with E-state index < -0.39 is 41.1 Å². The smallest absolute Gasteiger partial charge is 0.337 e. The van der Waals surface area contributed by atoms with E-state index in [1.165, 1.54) is 0 Å². The van der Waals surface area contributed by atoms with Crippen molar-refractivity contribution >= 4 is 17.6 Å². The number of aliphatic hydroxyl groups excluding tert-OH is 2. The second-order valence-electron chi connectivity index (χ2n) is 3.49. The molecular formula is C10H10FNO6. The van der Waals surface area contributed by atoms with Gasteiger partial charge in [0.15, 0.2) is 6.10 Å². The average molecular weight is 259 g/mol. The molecule has 98 valence electrons. The highest BCUT2D eigenvalue weighted by Gasteiger charge is 2.28. The Hall–Kier alpha value is -2.19. The summed E-state index contributed by atoms with van der Waals surface area (Å²) < 4.78 is 13.4. The average Bonchev–Trinajstić information content (AvgIpc) is 2.26. The van der Waals surface area contributed by atoms with Crippen LogP contribution in [0.1, 0.15) is 22.0 Å². The van der Waals surface area contributed by atoms with Gasteiger partial charge >= 0.3 is 11.9 Å². The Morgan fingerprint density at radius 1 is 1.22 bits per heavy atom. The van der Waals surface area contributed by atoms with Gasteiger partial charge in [-0.2, -0.15) is 0 Å². The van der Waals surface area contributed by atoms with E-state index in [4.69, 9.17) is 21.1 Å². The molecule has 0 saturated carbocycles. The van der Waals surface area contributed by atoms with E-state index in [0.717, 1.165) is 0 Å². The number of carbonyl (C=O) groups is 2. The predicted octanol–water partition coefficient (Wildman–Crippen LogP) is -0.415. The normalized spacial score (nSPS) is 13.9. The first kappa shape index (κ1) is 13.9. The number of halogens is 1. The van der Waals surface area contributed by atoms with E-state index in [9.17, 15) is 19.1 Å². The number of nitrogen functional groups attached to an aromatic ring is 1. The number of carboxylic acids is 2. The van der Waals surface area contributed by atoms with Gasteiger partial charge in [0, 0.05) is 11.3 Å². The molecule has 18 heavy (non-hydrogen) atoms. The monoisotopic (exact) mass is 259 g/mol. The minimum Gasteiger partial charge on any atom is -0.479 e. The Morgan fingerprint density at radius 3 is 2.22 bits per heavy atom. The first-order chi connectivity index (χ1) is 8.25. The molecule has 8 heteroatoms. The van der Waals surface area contributed by atoms with E-state index in [-0.39, 0.29) is 5.69 Å². The maximum Gasteiger partial charge on any atom is 0.337 e. The standard InChI is InChI=1S/C10H10FNO6/c11-5-2-6(12)4(9(15)16)1-3(5)7(13)8(14)10(17)18/h1-2,7-8,13-14H,12H2,(H,15,16)(H,17,18). The molecule has 2 atom stereocenters. The summed E-state index contributed by atoms with van der Waals surface area (Å²) in [6.07, 6.45) is -4.37. The Labute approximate surface area is 99.9 Å². The highest BCUT2D eigenvalue weighted by molar-refractivity contribution is 5.93. The number of nitrogens with two attached hydrogens (primary N) is 1. The molecule has 6 N–H and O–H groups in total. The summed E-state index contributed by atoms with van der Waals surface area (Å²) in [5.41, 5.74) is 3.72. The minimum absolute atomic E-state index is 0.374. The topological polar surface area (TPSA) is 141 Å². The van der Waals surface area contributed by atoms with Crippen LogP contribution in [0, 0.1) is 5.82 Å². The molecule has 0 aliphatic rings. The SMILES string of the molecule is Nc1cc(F)c(C(O)C(O)C(=O)O)cc1C(=O)O. The van der Waals surface area contributed by atoms with Crippen molar-refractivity contribution < 1.29 is 34.4 Å². The van der Waals surface area contributed by atoms with Gasteiger partial charge < -0.3 is 26.2 Å². The zero-order valence-corrected chi connectivity index (χ0v) is 8.87. The molecule has 2 unspecified atom stereocenters. The van der Waals surface area contributed by atoms with Crippen LogP contribution in [-0.2, 0) is 4.79 Å². The molecule has 0 saturated heterocycles. The first-order valence-electron chi connectivity index (χ1n) is 4.66. The highest BCUT2D eigenvalue weighted by atomic mass is 19.1. The van der Waals surface area contributed by atoms with Crippen molar-refractivity contribution in [3.63, 3.8) is 0 Å². The highest BCUT2D eigenvalue weighted by Crippen LogP contribution is 2.25. The lowest BCUT2D eigenvalue weighted by Crippen LogP contribution is -2.28. The number of hydrogen-bond donors (Lipinski definition) is 5. The van der Waals surface area contributed by atoms with Gasteiger partial charge in [0.1, 0.15) is 11.9 Å². The van der Waals surface area contributed by atoms with Crippen molar-refractivity contribution in [3.8, 4) is 0 Å². The lowest BCUT2D eigenvalue weighted by molar-refractivity contribution is -0.153. The number of benzene rings is 1. The lowest BCUT2D eigenvalue weighted by Gasteiger charge is -2.16. The molecule has 0 spiro atoms. The Kier molecular flexibility index (Phi) is 3.84. The summed E-state index contributed by atoms with van der Waals surface area (Å²) in [4.78, 5) is 21.2. The summed E-state index contributed by atoms with van der Waals surface area (Å²) in [6.45, 7) is 0. The van der Waals surface area contributed by atoms with Crippen molar-refractivity contribution in [1.29, 1.82) is 0 Å². The maximum absolute atomic E-state index is 13.4. The molecule has 0 aromatic heterocycles. The molecule has 0 aliphatic carbocycles. The molecule has 0 amide bonds. The van der Waals surface area contributed by atoms with Gasteiger partial charge in [-0.15, -0.1) is 0 Å². The fourth-order valence-electron chi connectivity index (χ4n) is 1.32. The Balaban J connectivity index is 3.28. The van der Waals surface area contributed by atoms with Crippen molar-refractivity contribution in [2.24, 2.45) is 0 Å². The van der Waals surface area contributed by atoms with Crippen LogP contribution in [0.4, 0.5) is 10.1 Å². The minimum atomic E-state index is -2.27. The molecule has 0 radical (unpaired) electrons. The third kappa shape index (κ3) is 2.55. The van der Waals surface area contributed by atoms with E-state index in [1.54, 1.807) is 0 Å². The van der Waals surface area contributed by atoms with Crippen LogP contribution in [0.5, 0.6) is 0 Å². The van der Waals surface area contributed by atoms with Gasteiger partial charge in [-0.05, 0) is 12.1 Å². The fraction of sp³-hybridized carbons (Fsp3) is 0.200. The number of anilines is 1. The van der Waals surface area contributed by atoms with Gasteiger partial charge in [0.05, 0.1) is 5.56 Å². The second kappa shape index (κ2) is 4.98. The summed E-state index contributed by atoms with van der Waals surface area (Å²) in [6, 6.07) is 1.32. The second-order valence-corrected chi connectivity index (χ2v) is 3.49. The molecule has 1 rings (SSSR count). The number of rotatable bonds is 4. The van der Waals surface area contributed by atoms with Crippen molar-refractivity contribution in [2.75, 3.05) is 5.73 Å². The van der Waals surface area contributed by atoms with Crippen molar-refractivity contribution in [2.45, 2.75) is 12.2 Å². The van der Waals surface area contributed by atoms with Crippen molar-refractivity contribution in [3.05, 3.63) is 29.1 Å².